The topological polar surface area (TPSA) is 74.2 Å². The van der Waals surface area contributed by atoms with Gasteiger partial charge in [0.05, 0.1) is 11.6 Å². The van der Waals surface area contributed by atoms with E-state index in [0.717, 1.165) is 0 Å². The first-order valence-corrected chi connectivity index (χ1v) is 8.41. The molecule has 1 heterocycles. The second-order valence-corrected chi connectivity index (χ2v) is 6.18. The van der Waals surface area contributed by atoms with Crippen LogP contribution in [0.2, 0.25) is 0 Å². The summed E-state index contributed by atoms with van der Waals surface area (Å²) in [5.41, 5.74) is 1.51. The Kier molecular flexibility index (Phi) is 5.18. The van der Waals surface area contributed by atoms with Crippen LogP contribution in [0.15, 0.2) is 57.6 Å². The molecule has 0 unspecified atom stereocenters. The summed E-state index contributed by atoms with van der Waals surface area (Å²) < 4.78 is 16.1. The molecule has 0 spiro atoms. The van der Waals surface area contributed by atoms with Crippen LogP contribution in [0.1, 0.15) is 18.1 Å². The minimum atomic E-state index is -0.539. The molecule has 26 heavy (non-hydrogen) atoms. The molecular weight excluding hydrogens is 402 g/mol. The molecule has 7 heteroatoms. The molecular formula is C19H14BrNO5. The Morgan fingerprint density at radius 2 is 1.96 bits per heavy atom. The first-order chi connectivity index (χ1) is 12.5. The lowest BCUT2D eigenvalue weighted by molar-refractivity contribution is -0.132. The van der Waals surface area contributed by atoms with Gasteiger partial charge in [0, 0.05) is 12.5 Å². The molecule has 2 aromatic rings. The lowest BCUT2D eigenvalue weighted by Gasteiger charge is -2.11. The molecule has 1 aliphatic rings. The van der Waals surface area contributed by atoms with E-state index in [0.29, 0.717) is 21.3 Å². The van der Waals surface area contributed by atoms with Gasteiger partial charge < -0.3 is 14.2 Å². The second-order valence-electron chi connectivity index (χ2n) is 5.33. The Morgan fingerprint density at radius 1 is 1.23 bits per heavy atom. The average Bonchev–Trinajstić information content (AvgIpc) is 2.98. The van der Waals surface area contributed by atoms with Crippen LogP contribution in [0, 0.1) is 0 Å². The van der Waals surface area contributed by atoms with Gasteiger partial charge in [-0.15, -0.1) is 0 Å². The number of hydrogen-bond acceptors (Lipinski definition) is 6. The zero-order valence-corrected chi connectivity index (χ0v) is 15.6. The summed E-state index contributed by atoms with van der Waals surface area (Å²) in [5.74, 6) is -0.135. The highest BCUT2D eigenvalue weighted by atomic mass is 79.9. The second kappa shape index (κ2) is 7.53. The molecule has 0 saturated carbocycles. The third-order valence-electron chi connectivity index (χ3n) is 3.44. The van der Waals surface area contributed by atoms with Crippen molar-refractivity contribution in [2.24, 2.45) is 4.99 Å². The molecule has 0 fully saturated rings. The third-order valence-corrected chi connectivity index (χ3v) is 4.03. The standard InChI is InChI=1S/C19H14BrNO5/c1-11(22)25-17-14(20)8-12(10-16(17)24-2)9-15-19(23)26-18(21-15)13-6-4-3-5-7-13/h3-10H,1-2H3. The average molecular weight is 416 g/mol. The fourth-order valence-electron chi connectivity index (χ4n) is 2.34. The fourth-order valence-corrected chi connectivity index (χ4v) is 2.88. The van der Waals surface area contributed by atoms with Crippen molar-refractivity contribution in [1.82, 2.24) is 0 Å². The van der Waals surface area contributed by atoms with Crippen molar-refractivity contribution in [3.63, 3.8) is 0 Å². The van der Waals surface area contributed by atoms with Crippen molar-refractivity contribution in [3.05, 3.63) is 63.8 Å². The van der Waals surface area contributed by atoms with E-state index in [1.165, 1.54) is 14.0 Å². The van der Waals surface area contributed by atoms with Gasteiger partial charge in [0.25, 0.3) is 0 Å². The van der Waals surface area contributed by atoms with E-state index >= 15 is 0 Å². The van der Waals surface area contributed by atoms with Gasteiger partial charge in [-0.25, -0.2) is 9.79 Å². The Bertz CT molecular complexity index is 934. The van der Waals surface area contributed by atoms with Gasteiger partial charge in [-0.2, -0.15) is 0 Å². The van der Waals surface area contributed by atoms with E-state index < -0.39 is 11.9 Å². The van der Waals surface area contributed by atoms with Crippen molar-refractivity contribution < 1.29 is 23.8 Å². The van der Waals surface area contributed by atoms with Crippen LogP contribution in [0.5, 0.6) is 11.5 Å². The van der Waals surface area contributed by atoms with Crippen molar-refractivity contribution in [3.8, 4) is 11.5 Å². The minimum absolute atomic E-state index is 0.165. The van der Waals surface area contributed by atoms with Crippen LogP contribution in [0.25, 0.3) is 6.08 Å². The smallest absolute Gasteiger partial charge is 0.363 e. The number of hydrogen-bond donors (Lipinski definition) is 0. The summed E-state index contributed by atoms with van der Waals surface area (Å²) in [6.45, 7) is 1.30. The fraction of sp³-hybridized carbons (Fsp3) is 0.105. The summed E-state index contributed by atoms with van der Waals surface area (Å²) >= 11 is 3.34. The number of cyclic esters (lactones) is 1. The van der Waals surface area contributed by atoms with Gasteiger partial charge in [0.2, 0.25) is 5.90 Å². The molecule has 0 atom stereocenters. The zero-order chi connectivity index (χ0) is 18.7. The molecule has 6 nitrogen and oxygen atoms in total. The Morgan fingerprint density at radius 3 is 2.62 bits per heavy atom. The summed E-state index contributed by atoms with van der Waals surface area (Å²) in [4.78, 5) is 27.6. The van der Waals surface area contributed by atoms with Gasteiger partial charge in [-0.1, -0.05) is 18.2 Å². The summed E-state index contributed by atoms with van der Waals surface area (Å²) in [6.07, 6.45) is 1.57. The normalized spacial score (nSPS) is 14.8. The molecule has 3 rings (SSSR count). The maximum Gasteiger partial charge on any atom is 0.363 e. The van der Waals surface area contributed by atoms with Crippen LogP contribution in [0.4, 0.5) is 0 Å². The van der Waals surface area contributed by atoms with Gasteiger partial charge >= 0.3 is 11.9 Å². The first-order valence-electron chi connectivity index (χ1n) is 7.62. The quantitative estimate of drug-likeness (QED) is 0.432. The van der Waals surface area contributed by atoms with E-state index in [2.05, 4.69) is 20.9 Å². The van der Waals surface area contributed by atoms with E-state index in [1.807, 2.05) is 30.3 Å². The number of nitrogens with zero attached hydrogens (tertiary/aromatic N) is 1. The maximum atomic E-state index is 12.1. The maximum absolute atomic E-state index is 12.1. The van der Waals surface area contributed by atoms with E-state index in [1.54, 1.807) is 18.2 Å². The molecule has 0 amide bonds. The highest BCUT2D eigenvalue weighted by Gasteiger charge is 2.24. The molecule has 1 aliphatic heterocycles. The van der Waals surface area contributed by atoms with Gasteiger partial charge in [-0.3, -0.25) is 4.79 Å². The number of rotatable bonds is 4. The van der Waals surface area contributed by atoms with Crippen LogP contribution >= 0.6 is 15.9 Å². The molecule has 0 aromatic heterocycles. The number of ether oxygens (including phenoxy) is 3. The van der Waals surface area contributed by atoms with Crippen LogP contribution < -0.4 is 9.47 Å². The van der Waals surface area contributed by atoms with Crippen molar-refractivity contribution >= 4 is 39.8 Å². The number of halogens is 1. The summed E-state index contributed by atoms with van der Waals surface area (Å²) in [6, 6.07) is 12.5. The number of benzene rings is 2. The highest BCUT2D eigenvalue weighted by molar-refractivity contribution is 9.10. The Hall–Kier alpha value is -2.93. The van der Waals surface area contributed by atoms with Crippen molar-refractivity contribution in [2.75, 3.05) is 7.11 Å². The number of aliphatic imine (C=N–C) groups is 1. The minimum Gasteiger partial charge on any atom is -0.493 e. The number of methoxy groups -OCH3 is 1. The lowest BCUT2D eigenvalue weighted by atomic mass is 10.1. The first kappa shape index (κ1) is 17.9. The number of carbonyl (C=O) groups is 2. The highest BCUT2D eigenvalue weighted by Crippen LogP contribution is 2.37. The number of esters is 2. The monoisotopic (exact) mass is 415 g/mol. The molecule has 0 radical (unpaired) electrons. The van der Waals surface area contributed by atoms with Crippen LogP contribution in [-0.2, 0) is 14.3 Å². The summed E-state index contributed by atoms with van der Waals surface area (Å²) in [5, 5.41) is 0. The largest absolute Gasteiger partial charge is 0.493 e. The molecule has 0 aliphatic carbocycles. The van der Waals surface area contributed by atoms with E-state index in [-0.39, 0.29) is 17.3 Å². The van der Waals surface area contributed by atoms with Crippen LogP contribution in [0.3, 0.4) is 0 Å². The lowest BCUT2D eigenvalue weighted by Crippen LogP contribution is -2.05. The molecule has 0 N–H and O–H groups in total. The van der Waals surface area contributed by atoms with E-state index in [4.69, 9.17) is 14.2 Å². The van der Waals surface area contributed by atoms with Crippen LogP contribution in [-0.4, -0.2) is 24.9 Å². The van der Waals surface area contributed by atoms with Crippen molar-refractivity contribution in [1.29, 1.82) is 0 Å². The third kappa shape index (κ3) is 3.83. The molecule has 0 saturated heterocycles. The SMILES string of the molecule is COc1cc(C=C2N=C(c3ccccc3)OC2=O)cc(Br)c1OC(C)=O. The zero-order valence-electron chi connectivity index (χ0n) is 14.0. The summed E-state index contributed by atoms with van der Waals surface area (Å²) in [7, 11) is 1.46. The predicted molar refractivity (Wildman–Crippen MR) is 99.1 cm³/mol. The Balaban J connectivity index is 1.97. The number of carbonyl (C=O) groups excluding carboxylic acids is 2. The predicted octanol–water partition coefficient (Wildman–Crippen LogP) is 3.73. The Labute approximate surface area is 158 Å². The van der Waals surface area contributed by atoms with Gasteiger partial charge in [-0.05, 0) is 51.8 Å². The van der Waals surface area contributed by atoms with Gasteiger partial charge in [0.15, 0.2) is 17.2 Å². The van der Waals surface area contributed by atoms with E-state index in [9.17, 15) is 9.59 Å². The molecule has 2 aromatic carbocycles. The molecule has 132 valence electrons. The van der Waals surface area contributed by atoms with Crippen molar-refractivity contribution in [2.45, 2.75) is 6.92 Å². The van der Waals surface area contributed by atoms with Gasteiger partial charge in [0.1, 0.15) is 0 Å². The molecule has 0 bridgehead atoms.